The summed E-state index contributed by atoms with van der Waals surface area (Å²) in [5.74, 6) is 0.153. The fraction of sp³-hybridized carbons (Fsp3) is 0.312. The zero-order valence-corrected chi connectivity index (χ0v) is 14.1. The van der Waals surface area contributed by atoms with Gasteiger partial charge in [-0.05, 0) is 12.1 Å². The molecule has 3 rings (SSSR count). The van der Waals surface area contributed by atoms with Crippen LogP contribution in [0.5, 0.6) is 5.75 Å². The average molecular weight is 383 g/mol. The van der Waals surface area contributed by atoms with Crippen molar-refractivity contribution in [1.82, 2.24) is 4.98 Å². The molecule has 1 fully saturated rings. The van der Waals surface area contributed by atoms with Crippen LogP contribution in [-0.4, -0.2) is 63.3 Å². The Morgan fingerprint density at radius 3 is 2.31 bits per heavy atom. The van der Waals surface area contributed by atoms with Crippen LogP contribution >= 0.6 is 0 Å². The number of hydrogen-bond donors (Lipinski definition) is 4. The lowest BCUT2D eigenvalue weighted by Gasteiger charge is -2.38. The molecule has 0 bridgehead atoms. The van der Waals surface area contributed by atoms with Crippen LogP contribution in [0.4, 0.5) is 0 Å². The van der Waals surface area contributed by atoms with Crippen molar-refractivity contribution < 1.29 is 37.8 Å². The van der Waals surface area contributed by atoms with E-state index >= 15 is 0 Å². The molecule has 0 radical (unpaired) electrons. The quantitative estimate of drug-likeness (QED) is 0.526. The molecule has 26 heavy (non-hydrogen) atoms. The Labute approximate surface area is 149 Å². The maximum absolute atomic E-state index is 11.3. The first-order valence-corrected chi connectivity index (χ1v) is 9.12. The summed E-state index contributed by atoms with van der Waals surface area (Å²) in [6, 6.07) is 12.0. The largest absolute Gasteiger partial charge is 0.460 e. The van der Waals surface area contributed by atoms with Crippen LogP contribution < -0.4 is 4.74 Å². The van der Waals surface area contributed by atoms with Gasteiger partial charge in [0.25, 0.3) is 10.1 Å². The second kappa shape index (κ2) is 7.27. The van der Waals surface area contributed by atoms with Crippen molar-refractivity contribution in [1.29, 1.82) is 0 Å². The molecule has 0 amide bonds. The fourth-order valence-electron chi connectivity index (χ4n) is 2.58. The van der Waals surface area contributed by atoms with E-state index in [4.69, 9.17) is 14.0 Å². The molecular weight excluding hydrogens is 366 g/mol. The summed E-state index contributed by atoms with van der Waals surface area (Å²) < 4.78 is 42.4. The molecule has 0 aliphatic carbocycles. The monoisotopic (exact) mass is 383 g/mol. The highest BCUT2D eigenvalue weighted by molar-refractivity contribution is 7.86. The van der Waals surface area contributed by atoms with E-state index in [2.05, 4.69) is 4.98 Å². The Hall–Kier alpha value is -2.08. The van der Waals surface area contributed by atoms with Crippen LogP contribution in [0.3, 0.4) is 0 Å². The first-order chi connectivity index (χ1) is 12.3. The molecule has 1 saturated heterocycles. The van der Waals surface area contributed by atoms with Crippen molar-refractivity contribution in [3.63, 3.8) is 0 Å². The minimum atomic E-state index is -4.86. The average Bonchev–Trinajstić information content (AvgIpc) is 2.62. The standard InChI is InChI=1S/C16H17NO8S/c18-12-13(19)15(25-16(14(12)20)26(21,22)23)24-10-7-4-8-17-11(10)9-5-2-1-3-6-9/h1-8,12-16,18-20H,(H,21,22,23)/t12-,13-,14+,15-,16?/m1/s1. The number of aliphatic hydroxyl groups is 3. The second-order valence-corrected chi connectivity index (χ2v) is 7.19. The lowest BCUT2D eigenvalue weighted by Crippen LogP contribution is -2.61. The third-order valence-electron chi connectivity index (χ3n) is 3.88. The lowest BCUT2D eigenvalue weighted by molar-refractivity contribution is -0.254. The molecule has 0 saturated carbocycles. The Morgan fingerprint density at radius 1 is 0.962 bits per heavy atom. The molecule has 1 unspecified atom stereocenters. The highest BCUT2D eigenvalue weighted by Crippen LogP contribution is 2.31. The summed E-state index contributed by atoms with van der Waals surface area (Å²) in [5.41, 5.74) is -1.07. The summed E-state index contributed by atoms with van der Waals surface area (Å²) in [7, 11) is -4.86. The number of pyridine rings is 1. The van der Waals surface area contributed by atoms with Crippen molar-refractivity contribution in [3.8, 4) is 17.0 Å². The summed E-state index contributed by atoms with van der Waals surface area (Å²) in [6.07, 6.45) is -5.84. The van der Waals surface area contributed by atoms with Gasteiger partial charge < -0.3 is 24.8 Å². The van der Waals surface area contributed by atoms with E-state index < -0.39 is 40.2 Å². The first kappa shape index (κ1) is 18.7. The third kappa shape index (κ3) is 3.70. The molecule has 1 aliphatic rings. The van der Waals surface area contributed by atoms with Gasteiger partial charge in [0.1, 0.15) is 29.8 Å². The number of aromatic nitrogens is 1. The number of rotatable bonds is 4. The van der Waals surface area contributed by atoms with Gasteiger partial charge in [-0.2, -0.15) is 8.42 Å². The number of hydrogen-bond acceptors (Lipinski definition) is 8. The predicted molar refractivity (Wildman–Crippen MR) is 88.5 cm³/mol. The molecule has 0 spiro atoms. The molecule has 1 aromatic heterocycles. The summed E-state index contributed by atoms with van der Waals surface area (Å²) >= 11 is 0. The van der Waals surface area contributed by atoms with Crippen LogP contribution in [0.1, 0.15) is 0 Å². The molecule has 2 heterocycles. The maximum Gasteiger partial charge on any atom is 0.295 e. The maximum atomic E-state index is 11.3. The van der Waals surface area contributed by atoms with E-state index in [0.29, 0.717) is 11.3 Å². The van der Waals surface area contributed by atoms with Crippen LogP contribution in [-0.2, 0) is 14.9 Å². The van der Waals surface area contributed by atoms with Gasteiger partial charge >= 0.3 is 0 Å². The highest BCUT2D eigenvalue weighted by atomic mass is 32.2. The third-order valence-corrected chi connectivity index (χ3v) is 4.86. The van der Waals surface area contributed by atoms with Crippen molar-refractivity contribution in [2.75, 3.05) is 0 Å². The van der Waals surface area contributed by atoms with Gasteiger partial charge in [0.05, 0.1) is 0 Å². The number of nitrogens with zero attached hydrogens (tertiary/aromatic N) is 1. The molecule has 1 aliphatic heterocycles. The van der Waals surface area contributed by atoms with E-state index in [1.807, 2.05) is 6.07 Å². The molecule has 140 valence electrons. The van der Waals surface area contributed by atoms with Crippen LogP contribution in [0.2, 0.25) is 0 Å². The van der Waals surface area contributed by atoms with Gasteiger partial charge in [-0.1, -0.05) is 30.3 Å². The Balaban J connectivity index is 1.91. The number of aliphatic hydroxyl groups excluding tert-OH is 3. The SMILES string of the molecule is O=S(=O)(O)C1O[C@@H](Oc2cccnc2-c2ccccc2)[C@H](O)[C@@H](O)[C@@H]1O. The molecule has 9 nitrogen and oxygen atoms in total. The van der Waals surface area contributed by atoms with Crippen LogP contribution in [0, 0.1) is 0 Å². The highest BCUT2D eigenvalue weighted by Gasteiger charge is 2.50. The first-order valence-electron chi connectivity index (χ1n) is 7.62. The topological polar surface area (TPSA) is 146 Å². The smallest absolute Gasteiger partial charge is 0.295 e. The van der Waals surface area contributed by atoms with E-state index in [1.54, 1.807) is 30.3 Å². The minimum Gasteiger partial charge on any atom is -0.460 e. The van der Waals surface area contributed by atoms with Crippen molar-refractivity contribution in [3.05, 3.63) is 48.7 Å². The van der Waals surface area contributed by atoms with Crippen LogP contribution in [0.25, 0.3) is 11.3 Å². The minimum absolute atomic E-state index is 0.153. The molecule has 1 aromatic carbocycles. The lowest BCUT2D eigenvalue weighted by atomic mass is 10.1. The fourth-order valence-corrected chi connectivity index (χ4v) is 3.35. The molecule has 10 heteroatoms. The molecular formula is C16H17NO8S. The van der Waals surface area contributed by atoms with Crippen molar-refractivity contribution >= 4 is 10.1 Å². The second-order valence-electron chi connectivity index (χ2n) is 5.69. The van der Waals surface area contributed by atoms with Gasteiger partial charge in [-0.3, -0.25) is 9.54 Å². The Kier molecular flexibility index (Phi) is 5.23. The van der Waals surface area contributed by atoms with E-state index in [-0.39, 0.29) is 5.75 Å². The van der Waals surface area contributed by atoms with E-state index in [9.17, 15) is 23.7 Å². The summed E-state index contributed by atoms with van der Waals surface area (Å²) in [5, 5.41) is 29.6. The zero-order chi connectivity index (χ0) is 18.9. The Bertz CT molecular complexity index is 860. The van der Waals surface area contributed by atoms with Gasteiger partial charge in [-0.15, -0.1) is 0 Å². The number of benzene rings is 1. The van der Waals surface area contributed by atoms with Gasteiger partial charge in [0, 0.05) is 11.8 Å². The van der Waals surface area contributed by atoms with E-state index in [0.717, 1.165) is 0 Å². The van der Waals surface area contributed by atoms with E-state index in [1.165, 1.54) is 12.3 Å². The van der Waals surface area contributed by atoms with Crippen molar-refractivity contribution in [2.24, 2.45) is 0 Å². The molecule has 4 N–H and O–H groups in total. The number of ether oxygens (including phenoxy) is 2. The molecule has 2 aromatic rings. The molecule has 5 atom stereocenters. The summed E-state index contributed by atoms with van der Waals surface area (Å²) in [6.45, 7) is 0. The summed E-state index contributed by atoms with van der Waals surface area (Å²) in [4.78, 5) is 4.20. The van der Waals surface area contributed by atoms with Gasteiger partial charge in [-0.25, -0.2) is 0 Å². The van der Waals surface area contributed by atoms with Crippen LogP contribution in [0.15, 0.2) is 48.7 Å². The van der Waals surface area contributed by atoms with Gasteiger partial charge in [0.2, 0.25) is 11.7 Å². The predicted octanol–water partition coefficient (Wildman–Crippen LogP) is -0.220. The normalized spacial score (nSPS) is 29.3. The van der Waals surface area contributed by atoms with Gasteiger partial charge in [0.15, 0.2) is 0 Å². The van der Waals surface area contributed by atoms with Crippen molar-refractivity contribution in [2.45, 2.75) is 30.0 Å². The Morgan fingerprint density at radius 2 is 1.65 bits per heavy atom. The zero-order valence-electron chi connectivity index (χ0n) is 13.3.